The van der Waals surface area contributed by atoms with Gasteiger partial charge in [0.05, 0.1) is 30.2 Å². The summed E-state index contributed by atoms with van der Waals surface area (Å²) in [5, 5.41) is 2.68. The lowest BCUT2D eigenvalue weighted by atomic mass is 10.1. The van der Waals surface area contributed by atoms with Crippen molar-refractivity contribution in [2.24, 2.45) is 0 Å². The Bertz CT molecular complexity index is 813. The molecule has 0 saturated carbocycles. The maximum atomic E-state index is 13.1. The van der Waals surface area contributed by atoms with E-state index in [2.05, 4.69) is 5.32 Å². The summed E-state index contributed by atoms with van der Waals surface area (Å²) in [4.78, 5) is 14.3. The van der Waals surface area contributed by atoms with Crippen LogP contribution in [0.15, 0.2) is 42.5 Å². The fraction of sp³-hybridized carbons (Fsp3) is 0.381. The van der Waals surface area contributed by atoms with Gasteiger partial charge in [0.1, 0.15) is 0 Å². The monoisotopic (exact) mass is 392 g/mol. The average Bonchev–Trinajstić information content (AvgIpc) is 2.67. The van der Waals surface area contributed by atoms with Gasteiger partial charge in [-0.25, -0.2) is 0 Å². The molecule has 1 fully saturated rings. The first-order valence-corrected chi connectivity index (χ1v) is 9.22. The van der Waals surface area contributed by atoms with Crippen LogP contribution in [0, 0.1) is 6.92 Å². The Morgan fingerprint density at radius 3 is 2.43 bits per heavy atom. The number of carbonyl (C=O) groups excluding carboxylic acids is 1. The van der Waals surface area contributed by atoms with E-state index in [0.29, 0.717) is 38.4 Å². The van der Waals surface area contributed by atoms with Crippen molar-refractivity contribution in [3.8, 4) is 0 Å². The minimum Gasteiger partial charge on any atom is -0.378 e. The van der Waals surface area contributed by atoms with E-state index in [0.717, 1.165) is 23.3 Å². The lowest BCUT2D eigenvalue weighted by molar-refractivity contribution is -0.137. The normalized spacial score (nSPS) is 14.8. The molecule has 0 aromatic heterocycles. The zero-order valence-electron chi connectivity index (χ0n) is 15.7. The molecule has 28 heavy (non-hydrogen) atoms. The first-order valence-electron chi connectivity index (χ1n) is 9.22. The van der Waals surface area contributed by atoms with Crippen molar-refractivity contribution in [1.82, 2.24) is 0 Å². The summed E-state index contributed by atoms with van der Waals surface area (Å²) in [7, 11) is 0. The van der Waals surface area contributed by atoms with Crippen LogP contribution in [-0.2, 0) is 22.1 Å². The van der Waals surface area contributed by atoms with E-state index in [1.165, 1.54) is 6.07 Å². The number of anilines is 2. The molecule has 1 aliphatic heterocycles. The number of rotatable bonds is 5. The third-order valence-electron chi connectivity index (χ3n) is 4.71. The largest absolute Gasteiger partial charge is 0.416 e. The topological polar surface area (TPSA) is 41.6 Å². The number of benzene rings is 2. The lowest BCUT2D eigenvalue weighted by Crippen LogP contribution is -2.36. The van der Waals surface area contributed by atoms with Gasteiger partial charge in [-0.15, -0.1) is 0 Å². The fourth-order valence-electron chi connectivity index (χ4n) is 3.12. The number of alkyl halides is 3. The van der Waals surface area contributed by atoms with Gasteiger partial charge < -0.3 is 15.0 Å². The fourth-order valence-corrected chi connectivity index (χ4v) is 3.12. The second-order valence-corrected chi connectivity index (χ2v) is 6.86. The Hall–Kier alpha value is -2.54. The zero-order valence-corrected chi connectivity index (χ0v) is 15.7. The highest BCUT2D eigenvalue weighted by Crippen LogP contribution is 2.35. The van der Waals surface area contributed by atoms with Crippen LogP contribution in [0.5, 0.6) is 0 Å². The summed E-state index contributed by atoms with van der Waals surface area (Å²) in [5.74, 6) is -0.311. The van der Waals surface area contributed by atoms with E-state index in [1.54, 1.807) is 0 Å². The first kappa shape index (κ1) is 20.2. The maximum Gasteiger partial charge on any atom is 0.416 e. The molecule has 2 aromatic rings. The number of carbonyl (C=O) groups is 1. The van der Waals surface area contributed by atoms with E-state index in [4.69, 9.17) is 4.74 Å². The Morgan fingerprint density at radius 2 is 1.79 bits per heavy atom. The average molecular weight is 392 g/mol. The number of ether oxygens (including phenoxy) is 1. The molecule has 0 bridgehead atoms. The summed E-state index contributed by atoms with van der Waals surface area (Å²) in [6.45, 7) is 4.12. The smallest absolute Gasteiger partial charge is 0.378 e. The van der Waals surface area contributed by atoms with Crippen LogP contribution < -0.4 is 10.2 Å². The van der Waals surface area contributed by atoms with Gasteiger partial charge in [-0.05, 0) is 37.1 Å². The van der Waals surface area contributed by atoms with Crippen LogP contribution in [0.4, 0.5) is 24.5 Å². The highest BCUT2D eigenvalue weighted by atomic mass is 19.4. The summed E-state index contributed by atoms with van der Waals surface area (Å²) >= 11 is 0. The molecule has 1 aliphatic rings. The molecule has 4 nitrogen and oxygen atoms in total. The number of hydrogen-bond acceptors (Lipinski definition) is 3. The van der Waals surface area contributed by atoms with Gasteiger partial charge in [0.2, 0.25) is 5.91 Å². The van der Waals surface area contributed by atoms with Crippen molar-refractivity contribution < 1.29 is 22.7 Å². The zero-order chi connectivity index (χ0) is 20.1. The van der Waals surface area contributed by atoms with Gasteiger partial charge in [-0.1, -0.05) is 29.8 Å². The van der Waals surface area contributed by atoms with Gasteiger partial charge in [0, 0.05) is 19.5 Å². The SMILES string of the molecule is Cc1ccc(CCC(=O)Nc2cc(C(F)(F)F)ccc2N2CCOCC2)cc1. The van der Waals surface area contributed by atoms with Crippen molar-refractivity contribution >= 4 is 17.3 Å². The van der Waals surface area contributed by atoms with Crippen LogP contribution in [-0.4, -0.2) is 32.2 Å². The second-order valence-electron chi connectivity index (χ2n) is 6.86. The second kappa shape index (κ2) is 8.65. The van der Waals surface area contributed by atoms with Gasteiger partial charge in [0.25, 0.3) is 0 Å². The standard InChI is InChI=1S/C21H23F3N2O2/c1-15-2-4-16(5-3-15)6-9-20(27)25-18-14-17(21(22,23)24)7-8-19(18)26-10-12-28-13-11-26/h2-5,7-8,14H,6,9-13H2,1H3,(H,25,27). The van der Waals surface area contributed by atoms with Crippen LogP contribution >= 0.6 is 0 Å². The molecule has 150 valence electrons. The molecule has 0 unspecified atom stereocenters. The Labute approximate surface area is 162 Å². The Kier molecular flexibility index (Phi) is 6.24. The lowest BCUT2D eigenvalue weighted by Gasteiger charge is -2.31. The first-order chi connectivity index (χ1) is 13.3. The summed E-state index contributed by atoms with van der Waals surface area (Å²) in [6, 6.07) is 11.3. The minimum atomic E-state index is -4.47. The van der Waals surface area contributed by atoms with E-state index in [-0.39, 0.29) is 18.0 Å². The number of halogens is 3. The van der Waals surface area contributed by atoms with Gasteiger partial charge >= 0.3 is 6.18 Å². The minimum absolute atomic E-state index is 0.186. The summed E-state index contributed by atoms with van der Waals surface area (Å²) in [6.07, 6.45) is -3.75. The number of aryl methyl sites for hydroxylation is 2. The predicted octanol–water partition coefficient (Wildman–Crippen LogP) is 4.42. The highest BCUT2D eigenvalue weighted by Gasteiger charge is 2.31. The van der Waals surface area contributed by atoms with Crippen molar-refractivity contribution in [3.63, 3.8) is 0 Å². The van der Waals surface area contributed by atoms with Crippen molar-refractivity contribution in [3.05, 3.63) is 59.2 Å². The van der Waals surface area contributed by atoms with E-state index in [9.17, 15) is 18.0 Å². The molecule has 1 N–H and O–H groups in total. The molecular formula is C21H23F3N2O2. The molecule has 0 spiro atoms. The third kappa shape index (κ3) is 5.25. The Balaban J connectivity index is 1.75. The number of morpholine rings is 1. The van der Waals surface area contributed by atoms with Crippen molar-refractivity contribution in [1.29, 1.82) is 0 Å². The van der Waals surface area contributed by atoms with Crippen molar-refractivity contribution in [2.45, 2.75) is 25.9 Å². The molecule has 1 amide bonds. The molecule has 1 heterocycles. The molecule has 0 aliphatic carbocycles. The summed E-state index contributed by atoms with van der Waals surface area (Å²) in [5.41, 5.74) is 2.13. The highest BCUT2D eigenvalue weighted by molar-refractivity contribution is 5.94. The van der Waals surface area contributed by atoms with Gasteiger partial charge in [0.15, 0.2) is 0 Å². The van der Waals surface area contributed by atoms with Crippen LogP contribution in [0.25, 0.3) is 0 Å². The Morgan fingerprint density at radius 1 is 1.11 bits per heavy atom. The van der Waals surface area contributed by atoms with Crippen LogP contribution in [0.2, 0.25) is 0 Å². The van der Waals surface area contributed by atoms with Gasteiger partial charge in [-0.2, -0.15) is 13.2 Å². The molecule has 2 aromatic carbocycles. The van der Waals surface area contributed by atoms with Gasteiger partial charge in [-0.3, -0.25) is 4.79 Å². The van der Waals surface area contributed by atoms with E-state index >= 15 is 0 Å². The molecule has 7 heteroatoms. The molecular weight excluding hydrogens is 369 g/mol. The number of nitrogens with zero attached hydrogens (tertiary/aromatic N) is 1. The maximum absolute atomic E-state index is 13.1. The van der Waals surface area contributed by atoms with Crippen LogP contribution in [0.1, 0.15) is 23.1 Å². The van der Waals surface area contributed by atoms with Crippen LogP contribution in [0.3, 0.4) is 0 Å². The molecule has 3 rings (SSSR count). The quantitative estimate of drug-likeness (QED) is 0.819. The molecule has 0 radical (unpaired) electrons. The number of hydrogen-bond donors (Lipinski definition) is 1. The summed E-state index contributed by atoms with van der Waals surface area (Å²) < 4.78 is 44.7. The number of nitrogens with one attached hydrogen (secondary N) is 1. The van der Waals surface area contributed by atoms with Crippen molar-refractivity contribution in [2.75, 3.05) is 36.5 Å². The predicted molar refractivity (Wildman–Crippen MR) is 103 cm³/mol. The van der Waals surface area contributed by atoms with E-state index < -0.39 is 11.7 Å². The van der Waals surface area contributed by atoms with E-state index in [1.807, 2.05) is 36.1 Å². The third-order valence-corrected chi connectivity index (χ3v) is 4.71. The number of amides is 1. The molecule has 0 atom stereocenters. The molecule has 1 saturated heterocycles.